The van der Waals surface area contributed by atoms with E-state index in [1.165, 1.54) is 21.1 Å². The number of carboxylic acid groups (broad SMARTS) is 1. The van der Waals surface area contributed by atoms with Gasteiger partial charge in [0.25, 0.3) is 10.0 Å². The summed E-state index contributed by atoms with van der Waals surface area (Å²) in [5.74, 6) is -54.5. The lowest BCUT2D eigenvalue weighted by atomic mass is 9.91. The van der Waals surface area contributed by atoms with Crippen molar-refractivity contribution in [2.24, 2.45) is 0 Å². The van der Waals surface area contributed by atoms with Crippen LogP contribution in [0.5, 0.6) is 0 Å². The molecule has 0 aliphatic carbocycles. The molecule has 0 saturated carbocycles. The molecule has 0 aromatic heterocycles. The van der Waals surface area contributed by atoms with Crippen molar-refractivity contribution in [1.29, 1.82) is 0 Å². The van der Waals surface area contributed by atoms with Gasteiger partial charge in [0.15, 0.2) is 0 Å². The Balaban J connectivity index is 6.99. The van der Waals surface area contributed by atoms with Gasteiger partial charge in [-0.05, 0) is 0 Å². The predicted molar refractivity (Wildman–Crippen MR) is 98.3 cm³/mol. The summed E-state index contributed by atoms with van der Waals surface area (Å²) in [5, 5.41) is 2.83. The van der Waals surface area contributed by atoms with Gasteiger partial charge in [0.1, 0.15) is 0 Å². The number of carbonyl (C=O) groups is 1. The van der Waals surface area contributed by atoms with Crippen molar-refractivity contribution < 1.29 is 97.4 Å². The van der Waals surface area contributed by atoms with E-state index in [1.54, 1.807) is 0 Å². The third-order valence-corrected chi connectivity index (χ3v) is 7.11. The molecule has 246 valence electrons. The Morgan fingerprint density at radius 3 is 1.29 bits per heavy atom. The molecule has 0 heterocycles. The lowest BCUT2D eigenvalue weighted by Gasteiger charge is -2.43. The van der Waals surface area contributed by atoms with Gasteiger partial charge in [0.05, 0.1) is 27.7 Å². The number of carbonyl (C=O) groups excluding carboxylic acids is 1. The Morgan fingerprint density at radius 2 is 0.976 bits per heavy atom. The molecule has 0 bridgehead atoms. The van der Waals surface area contributed by atoms with Crippen LogP contribution in [0.3, 0.4) is 0 Å². The lowest BCUT2D eigenvalue weighted by Crippen LogP contribution is -2.75. The minimum Gasteiger partial charge on any atom is -0.550 e. The molecular formula is C17H19F17N2O4S. The van der Waals surface area contributed by atoms with Crippen LogP contribution in [0.2, 0.25) is 0 Å². The summed E-state index contributed by atoms with van der Waals surface area (Å²) in [6.07, 6.45) is -10.2. The van der Waals surface area contributed by atoms with Crippen LogP contribution >= 0.6 is 0 Å². The number of carboxylic acids is 1. The number of nitrogens with zero attached hydrogens (tertiary/aromatic N) is 2. The third-order valence-electron chi connectivity index (χ3n) is 5.16. The molecule has 0 aliphatic rings. The Kier molecular flexibility index (Phi) is 10.5. The van der Waals surface area contributed by atoms with Gasteiger partial charge in [-0.2, -0.15) is 78.9 Å². The van der Waals surface area contributed by atoms with E-state index in [1.807, 2.05) is 0 Å². The number of halogens is 17. The second-order valence-electron chi connectivity index (χ2n) is 9.35. The number of hydrogen-bond donors (Lipinski definition) is 0. The van der Waals surface area contributed by atoms with Crippen molar-refractivity contribution in [2.45, 2.75) is 59.8 Å². The molecular weight excluding hydrogens is 651 g/mol. The average molecular weight is 670 g/mol. The molecule has 0 N–H and O–H groups in total. The second kappa shape index (κ2) is 11.0. The molecule has 0 aromatic carbocycles. The van der Waals surface area contributed by atoms with Gasteiger partial charge in [-0.3, -0.25) is 0 Å². The molecule has 0 unspecified atom stereocenters. The van der Waals surface area contributed by atoms with Gasteiger partial charge < -0.3 is 14.4 Å². The SMILES string of the molecule is C[N+](C)(C)CCCN(CCC(=O)[O-])S(=O)(=O)C(F)(F)C(F)(F)C(F)(F)C(F)(F)C(F)(F)C(F)(F)C(F)(F)C(F)(F)F. The van der Waals surface area contributed by atoms with Crippen molar-refractivity contribution in [2.75, 3.05) is 40.8 Å². The number of rotatable bonds is 15. The standard InChI is InChI=1S/C17H19F17N2O4S/c1-36(2,3)8-4-6-35(7-5-9(37)38)41(39,40)17(33,34)15(28,29)13(24,25)11(20,21)10(18,19)12(22,23)14(26,27)16(30,31)32/h4-8H2,1-3H3. The maximum Gasteiger partial charge on any atom is 0.460 e. The molecule has 0 atom stereocenters. The highest BCUT2D eigenvalue weighted by molar-refractivity contribution is 7.90. The first kappa shape index (κ1) is 39.1. The van der Waals surface area contributed by atoms with Crippen LogP contribution in [0.4, 0.5) is 74.6 Å². The number of sulfonamides is 1. The zero-order valence-electron chi connectivity index (χ0n) is 20.4. The molecule has 24 heteroatoms. The quantitative estimate of drug-likeness (QED) is 0.196. The zero-order chi connectivity index (χ0) is 33.7. The summed E-state index contributed by atoms with van der Waals surface area (Å²) in [7, 11) is -3.48. The molecule has 0 rings (SSSR count). The number of alkyl halides is 17. The van der Waals surface area contributed by atoms with Crippen LogP contribution in [0, 0.1) is 0 Å². The zero-order valence-corrected chi connectivity index (χ0v) is 21.2. The third kappa shape index (κ3) is 6.42. The van der Waals surface area contributed by atoms with Crippen LogP contribution < -0.4 is 5.11 Å². The fraction of sp³-hybridized carbons (Fsp3) is 0.941. The molecule has 0 aromatic rings. The maximum atomic E-state index is 14.4. The van der Waals surface area contributed by atoms with E-state index in [4.69, 9.17) is 0 Å². The van der Waals surface area contributed by atoms with Crippen LogP contribution in [-0.2, 0) is 14.8 Å². The fourth-order valence-electron chi connectivity index (χ4n) is 2.76. The summed E-state index contributed by atoms with van der Waals surface area (Å²) >= 11 is 0. The summed E-state index contributed by atoms with van der Waals surface area (Å²) in [6.45, 7) is -3.53. The molecule has 0 aliphatic heterocycles. The normalized spacial score (nSPS) is 15.9. The van der Waals surface area contributed by atoms with E-state index in [2.05, 4.69) is 0 Å². The second-order valence-corrected chi connectivity index (χ2v) is 11.3. The van der Waals surface area contributed by atoms with Gasteiger partial charge in [-0.15, -0.1) is 0 Å². The van der Waals surface area contributed by atoms with Crippen LogP contribution in [0.15, 0.2) is 0 Å². The van der Waals surface area contributed by atoms with E-state index in [-0.39, 0.29) is 11.0 Å². The van der Waals surface area contributed by atoms with Gasteiger partial charge in [-0.1, -0.05) is 0 Å². The smallest absolute Gasteiger partial charge is 0.460 e. The van der Waals surface area contributed by atoms with E-state index in [9.17, 15) is 93.0 Å². The van der Waals surface area contributed by atoms with Crippen molar-refractivity contribution in [3.05, 3.63) is 0 Å². The first-order valence-corrected chi connectivity index (χ1v) is 11.7. The molecule has 0 saturated heterocycles. The molecule has 6 nitrogen and oxygen atoms in total. The fourth-order valence-corrected chi connectivity index (χ4v) is 4.24. The van der Waals surface area contributed by atoms with Crippen LogP contribution in [-0.4, -0.2) is 111 Å². The molecule has 41 heavy (non-hydrogen) atoms. The molecule has 0 radical (unpaired) electrons. The van der Waals surface area contributed by atoms with Gasteiger partial charge in [-0.25, -0.2) is 8.42 Å². The van der Waals surface area contributed by atoms with E-state index >= 15 is 0 Å². The van der Waals surface area contributed by atoms with E-state index in [0.29, 0.717) is 0 Å². The highest BCUT2D eigenvalue weighted by Crippen LogP contribution is 2.64. The van der Waals surface area contributed by atoms with E-state index < -0.39 is 93.2 Å². The summed E-state index contributed by atoms with van der Waals surface area (Å²) in [6, 6.07) is 0. The number of hydrogen-bond acceptors (Lipinski definition) is 4. The first-order chi connectivity index (χ1) is 17.5. The Morgan fingerprint density at radius 1 is 0.634 bits per heavy atom. The lowest BCUT2D eigenvalue weighted by molar-refractivity contribution is -0.870. The average Bonchev–Trinajstić information content (AvgIpc) is 2.73. The van der Waals surface area contributed by atoms with Gasteiger partial charge >= 0.3 is 47.0 Å². The Labute approximate surface area is 219 Å². The van der Waals surface area contributed by atoms with Crippen LogP contribution in [0.1, 0.15) is 12.8 Å². The Hall–Kier alpha value is -1.85. The summed E-state index contributed by atoms with van der Waals surface area (Å²) < 4.78 is 252. The minimum atomic E-state index is -8.94. The number of aliphatic carboxylic acids is 1. The van der Waals surface area contributed by atoms with Crippen molar-refractivity contribution in [3.63, 3.8) is 0 Å². The summed E-state index contributed by atoms with van der Waals surface area (Å²) in [4.78, 5) is 10.6. The molecule has 0 amide bonds. The summed E-state index contributed by atoms with van der Waals surface area (Å²) in [5.41, 5.74) is 0. The highest BCUT2D eigenvalue weighted by atomic mass is 32.2. The monoisotopic (exact) mass is 670 g/mol. The van der Waals surface area contributed by atoms with Crippen molar-refractivity contribution in [1.82, 2.24) is 4.31 Å². The highest BCUT2D eigenvalue weighted by Gasteiger charge is 2.96. The van der Waals surface area contributed by atoms with Gasteiger partial charge in [0, 0.05) is 31.9 Å². The molecule has 0 fully saturated rings. The topological polar surface area (TPSA) is 77.5 Å². The number of quaternary nitrogens is 1. The van der Waals surface area contributed by atoms with Gasteiger partial charge in [0.2, 0.25) is 0 Å². The molecule has 0 spiro atoms. The largest absolute Gasteiger partial charge is 0.550 e. The predicted octanol–water partition coefficient (Wildman–Crippen LogP) is 3.82. The van der Waals surface area contributed by atoms with E-state index in [0.717, 1.165) is 0 Å². The van der Waals surface area contributed by atoms with Crippen molar-refractivity contribution in [3.8, 4) is 0 Å². The first-order valence-electron chi connectivity index (χ1n) is 10.2. The Bertz CT molecular complexity index is 1050. The maximum absolute atomic E-state index is 14.4. The minimum absolute atomic E-state index is 0.142. The van der Waals surface area contributed by atoms with Crippen molar-refractivity contribution >= 4 is 16.0 Å². The van der Waals surface area contributed by atoms with Crippen LogP contribution in [0.25, 0.3) is 0 Å².